The molecule has 0 heterocycles. The van der Waals surface area contributed by atoms with E-state index in [1.807, 2.05) is 0 Å². The fourth-order valence-corrected chi connectivity index (χ4v) is 1.77. The van der Waals surface area contributed by atoms with E-state index >= 15 is 0 Å². The van der Waals surface area contributed by atoms with Gasteiger partial charge in [0.1, 0.15) is 0 Å². The molecule has 0 aliphatic carbocycles. The second-order valence-corrected chi connectivity index (χ2v) is 5.43. The van der Waals surface area contributed by atoms with E-state index in [2.05, 4.69) is 53.4 Å². The summed E-state index contributed by atoms with van der Waals surface area (Å²) in [6, 6.07) is 0. The van der Waals surface area contributed by atoms with Crippen LogP contribution in [0, 0.1) is 29.1 Å². The van der Waals surface area contributed by atoms with Crippen LogP contribution in [0.1, 0.15) is 60.8 Å². The second kappa shape index (κ2) is 6.12. The fraction of sp³-hybridized carbons (Fsp3) is 0.857. The van der Waals surface area contributed by atoms with Gasteiger partial charge in [0, 0.05) is 11.3 Å². The van der Waals surface area contributed by atoms with Crippen LogP contribution in [0.2, 0.25) is 0 Å². The largest absolute Gasteiger partial charge is 0.0996 e. The molecule has 0 fully saturated rings. The van der Waals surface area contributed by atoms with Crippen LogP contribution in [-0.2, 0) is 0 Å². The van der Waals surface area contributed by atoms with Crippen molar-refractivity contribution in [1.82, 2.24) is 0 Å². The van der Waals surface area contributed by atoms with E-state index in [0.717, 1.165) is 5.92 Å². The molecule has 1 unspecified atom stereocenters. The maximum Gasteiger partial charge on any atom is 0.0258 e. The van der Waals surface area contributed by atoms with Crippen LogP contribution in [0.4, 0.5) is 0 Å². The quantitative estimate of drug-likeness (QED) is 0.578. The summed E-state index contributed by atoms with van der Waals surface area (Å²) < 4.78 is 0. The lowest BCUT2D eigenvalue weighted by Crippen LogP contribution is -2.08. The minimum absolute atomic E-state index is 0.208. The van der Waals surface area contributed by atoms with Gasteiger partial charge in [-0.3, -0.25) is 0 Å². The van der Waals surface area contributed by atoms with Crippen molar-refractivity contribution in [3.8, 4) is 11.8 Å². The van der Waals surface area contributed by atoms with Crippen LogP contribution in [0.3, 0.4) is 0 Å². The monoisotopic (exact) mass is 194 g/mol. The lowest BCUT2D eigenvalue weighted by molar-refractivity contribution is 0.448. The van der Waals surface area contributed by atoms with Gasteiger partial charge in [0.15, 0.2) is 0 Å². The standard InChI is InChI=1S/C14H26/c1-7-9-14(5,6)10-8-13(4)11-12(2)3/h12-13H,7,9,11H2,1-6H3. The first-order chi connectivity index (χ1) is 6.37. The van der Waals surface area contributed by atoms with Crippen molar-refractivity contribution in [3.63, 3.8) is 0 Å². The SMILES string of the molecule is CCCC(C)(C)C#CC(C)CC(C)C. The van der Waals surface area contributed by atoms with Crippen molar-refractivity contribution >= 4 is 0 Å². The first-order valence-corrected chi connectivity index (χ1v) is 5.90. The van der Waals surface area contributed by atoms with Gasteiger partial charge in [-0.1, -0.05) is 46.0 Å². The summed E-state index contributed by atoms with van der Waals surface area (Å²) in [7, 11) is 0. The molecule has 0 N–H and O–H groups in total. The first kappa shape index (κ1) is 13.6. The molecule has 0 aromatic heterocycles. The van der Waals surface area contributed by atoms with Gasteiger partial charge >= 0.3 is 0 Å². The molecular weight excluding hydrogens is 168 g/mol. The Bertz CT molecular complexity index is 200. The minimum Gasteiger partial charge on any atom is -0.0996 e. The number of rotatable bonds is 4. The summed E-state index contributed by atoms with van der Waals surface area (Å²) in [6.07, 6.45) is 3.64. The molecule has 0 rings (SSSR count). The average Bonchev–Trinajstić information content (AvgIpc) is 2.00. The lowest BCUT2D eigenvalue weighted by atomic mass is 9.88. The molecule has 0 aromatic carbocycles. The van der Waals surface area contributed by atoms with Crippen LogP contribution in [-0.4, -0.2) is 0 Å². The molecule has 0 aromatic rings. The van der Waals surface area contributed by atoms with Gasteiger partial charge in [-0.15, -0.1) is 0 Å². The van der Waals surface area contributed by atoms with Crippen LogP contribution in [0.5, 0.6) is 0 Å². The molecule has 82 valence electrons. The van der Waals surface area contributed by atoms with Crippen molar-refractivity contribution in [2.45, 2.75) is 60.8 Å². The molecule has 0 saturated carbocycles. The zero-order valence-corrected chi connectivity index (χ0v) is 10.8. The molecule has 0 amide bonds. The van der Waals surface area contributed by atoms with Crippen LogP contribution in [0.15, 0.2) is 0 Å². The van der Waals surface area contributed by atoms with Crippen molar-refractivity contribution < 1.29 is 0 Å². The summed E-state index contributed by atoms with van der Waals surface area (Å²) in [5.41, 5.74) is 0.208. The van der Waals surface area contributed by atoms with Gasteiger partial charge in [-0.25, -0.2) is 0 Å². The summed E-state index contributed by atoms with van der Waals surface area (Å²) in [6.45, 7) is 13.5. The first-order valence-electron chi connectivity index (χ1n) is 5.90. The van der Waals surface area contributed by atoms with E-state index in [4.69, 9.17) is 0 Å². The molecule has 0 bridgehead atoms. The van der Waals surface area contributed by atoms with Crippen LogP contribution >= 0.6 is 0 Å². The molecule has 0 spiro atoms. The maximum absolute atomic E-state index is 3.42. The lowest BCUT2D eigenvalue weighted by Gasteiger charge is -2.16. The van der Waals surface area contributed by atoms with Crippen molar-refractivity contribution in [3.05, 3.63) is 0 Å². The summed E-state index contributed by atoms with van der Waals surface area (Å²) >= 11 is 0. The highest BCUT2D eigenvalue weighted by Crippen LogP contribution is 2.21. The minimum atomic E-state index is 0.208. The maximum atomic E-state index is 3.42. The smallest absolute Gasteiger partial charge is 0.0258 e. The Kier molecular flexibility index (Phi) is 5.93. The summed E-state index contributed by atoms with van der Waals surface area (Å²) in [5.74, 6) is 8.11. The highest BCUT2D eigenvalue weighted by molar-refractivity contribution is 5.10. The molecule has 0 saturated heterocycles. The zero-order chi connectivity index (χ0) is 11.2. The zero-order valence-electron chi connectivity index (χ0n) is 10.8. The molecule has 14 heavy (non-hydrogen) atoms. The highest BCUT2D eigenvalue weighted by Gasteiger charge is 2.12. The molecule has 0 radical (unpaired) electrons. The van der Waals surface area contributed by atoms with E-state index in [9.17, 15) is 0 Å². The predicted octanol–water partition coefficient (Wildman–Crippen LogP) is 4.50. The molecule has 0 aliphatic rings. The summed E-state index contributed by atoms with van der Waals surface area (Å²) in [4.78, 5) is 0. The third kappa shape index (κ3) is 7.01. The Labute approximate surface area is 90.5 Å². The molecule has 0 nitrogen and oxygen atoms in total. The van der Waals surface area contributed by atoms with Gasteiger partial charge in [0.2, 0.25) is 0 Å². The van der Waals surface area contributed by atoms with E-state index in [0.29, 0.717) is 5.92 Å². The van der Waals surface area contributed by atoms with E-state index in [1.54, 1.807) is 0 Å². The van der Waals surface area contributed by atoms with Gasteiger partial charge in [-0.2, -0.15) is 0 Å². The van der Waals surface area contributed by atoms with Crippen molar-refractivity contribution in [2.75, 3.05) is 0 Å². The Balaban J connectivity index is 4.13. The van der Waals surface area contributed by atoms with Crippen molar-refractivity contribution in [1.29, 1.82) is 0 Å². The Morgan fingerprint density at radius 1 is 1.14 bits per heavy atom. The van der Waals surface area contributed by atoms with Gasteiger partial charge in [0.05, 0.1) is 0 Å². The van der Waals surface area contributed by atoms with E-state index in [1.165, 1.54) is 19.3 Å². The van der Waals surface area contributed by atoms with E-state index < -0.39 is 0 Å². The topological polar surface area (TPSA) is 0 Å². The molecule has 1 atom stereocenters. The third-order valence-electron chi connectivity index (χ3n) is 2.36. The Morgan fingerprint density at radius 2 is 1.71 bits per heavy atom. The summed E-state index contributed by atoms with van der Waals surface area (Å²) in [5, 5.41) is 0. The van der Waals surface area contributed by atoms with Gasteiger partial charge in [-0.05, 0) is 32.6 Å². The third-order valence-corrected chi connectivity index (χ3v) is 2.36. The van der Waals surface area contributed by atoms with Crippen molar-refractivity contribution in [2.24, 2.45) is 17.3 Å². The van der Waals surface area contributed by atoms with Gasteiger partial charge in [0.25, 0.3) is 0 Å². The molecule has 0 heteroatoms. The van der Waals surface area contributed by atoms with E-state index in [-0.39, 0.29) is 5.41 Å². The number of hydrogen-bond donors (Lipinski definition) is 0. The Morgan fingerprint density at radius 3 is 2.14 bits per heavy atom. The number of hydrogen-bond acceptors (Lipinski definition) is 0. The fourth-order valence-electron chi connectivity index (χ4n) is 1.77. The average molecular weight is 194 g/mol. The second-order valence-electron chi connectivity index (χ2n) is 5.43. The molecular formula is C14H26. The predicted molar refractivity (Wildman–Crippen MR) is 65.1 cm³/mol. The normalized spacial score (nSPS) is 13.6. The highest BCUT2D eigenvalue weighted by atomic mass is 14.2. The van der Waals surface area contributed by atoms with Crippen LogP contribution in [0.25, 0.3) is 0 Å². The van der Waals surface area contributed by atoms with Crippen LogP contribution < -0.4 is 0 Å². The Hall–Kier alpha value is -0.440. The van der Waals surface area contributed by atoms with Gasteiger partial charge < -0.3 is 0 Å². The molecule has 0 aliphatic heterocycles.